The molecule has 2 aromatic rings. The van der Waals surface area contributed by atoms with Crippen molar-refractivity contribution in [3.05, 3.63) is 29.3 Å². The maximum absolute atomic E-state index is 12.0. The van der Waals surface area contributed by atoms with Gasteiger partial charge in [0.15, 0.2) is 0 Å². The van der Waals surface area contributed by atoms with Crippen molar-refractivity contribution in [3.8, 4) is 0 Å². The SMILES string of the molecule is CC(C)N(CC(N)=O)CC(=O)NCCc1nc2ccccc2s1. The summed E-state index contributed by atoms with van der Waals surface area (Å²) in [6.07, 6.45) is 0.697. The average Bonchev–Trinajstić information content (AvgIpc) is 2.88. The third kappa shape index (κ3) is 5.30. The highest BCUT2D eigenvalue weighted by atomic mass is 32.1. The second-order valence-corrected chi connectivity index (χ2v) is 6.76. The van der Waals surface area contributed by atoms with E-state index in [1.807, 2.05) is 38.1 Å². The minimum Gasteiger partial charge on any atom is -0.369 e. The predicted molar refractivity (Wildman–Crippen MR) is 92.2 cm³/mol. The quantitative estimate of drug-likeness (QED) is 0.758. The molecule has 23 heavy (non-hydrogen) atoms. The first-order valence-corrected chi connectivity index (χ1v) is 8.41. The molecular formula is C16H22N4O2S. The first-order valence-electron chi connectivity index (χ1n) is 7.59. The summed E-state index contributed by atoms with van der Waals surface area (Å²) < 4.78 is 1.15. The van der Waals surface area contributed by atoms with Gasteiger partial charge in [0, 0.05) is 19.0 Å². The van der Waals surface area contributed by atoms with E-state index in [1.54, 1.807) is 16.2 Å². The average molecular weight is 334 g/mol. The van der Waals surface area contributed by atoms with Crippen molar-refractivity contribution in [1.82, 2.24) is 15.2 Å². The van der Waals surface area contributed by atoms with E-state index in [0.29, 0.717) is 13.0 Å². The molecule has 0 saturated carbocycles. The summed E-state index contributed by atoms with van der Waals surface area (Å²) in [6.45, 7) is 4.64. The highest BCUT2D eigenvalue weighted by Gasteiger charge is 2.15. The number of nitrogens with zero attached hydrogens (tertiary/aromatic N) is 2. The molecule has 0 unspecified atom stereocenters. The lowest BCUT2D eigenvalue weighted by molar-refractivity contribution is -0.124. The van der Waals surface area contributed by atoms with Crippen LogP contribution >= 0.6 is 11.3 Å². The maximum Gasteiger partial charge on any atom is 0.234 e. The molecule has 0 aliphatic rings. The number of carbonyl (C=O) groups is 2. The lowest BCUT2D eigenvalue weighted by Crippen LogP contribution is -2.45. The van der Waals surface area contributed by atoms with Gasteiger partial charge in [0.1, 0.15) is 0 Å². The standard InChI is InChI=1S/C16H22N4O2S/c1-11(2)20(9-14(17)21)10-15(22)18-8-7-16-19-12-5-3-4-6-13(12)23-16/h3-6,11H,7-10H2,1-2H3,(H2,17,21)(H,18,22). The molecular weight excluding hydrogens is 312 g/mol. The molecule has 0 bridgehead atoms. The third-order valence-electron chi connectivity index (χ3n) is 3.44. The Kier molecular flexibility index (Phi) is 6.06. The van der Waals surface area contributed by atoms with Crippen LogP contribution in [-0.2, 0) is 16.0 Å². The summed E-state index contributed by atoms with van der Waals surface area (Å²) in [7, 11) is 0. The predicted octanol–water partition coefficient (Wildman–Crippen LogP) is 1.15. The number of hydrogen-bond acceptors (Lipinski definition) is 5. The van der Waals surface area contributed by atoms with Crippen molar-refractivity contribution < 1.29 is 9.59 Å². The van der Waals surface area contributed by atoms with Crippen molar-refractivity contribution >= 4 is 33.4 Å². The Balaban J connectivity index is 1.80. The van der Waals surface area contributed by atoms with Gasteiger partial charge in [-0.15, -0.1) is 11.3 Å². The van der Waals surface area contributed by atoms with Crippen molar-refractivity contribution in [2.24, 2.45) is 5.73 Å². The Morgan fingerprint density at radius 3 is 2.70 bits per heavy atom. The summed E-state index contributed by atoms with van der Waals surface area (Å²) in [6, 6.07) is 8.06. The van der Waals surface area contributed by atoms with Gasteiger partial charge in [-0.05, 0) is 26.0 Å². The van der Waals surface area contributed by atoms with E-state index in [-0.39, 0.29) is 25.0 Å². The van der Waals surface area contributed by atoms with Crippen molar-refractivity contribution in [3.63, 3.8) is 0 Å². The van der Waals surface area contributed by atoms with Gasteiger partial charge in [-0.25, -0.2) is 4.98 Å². The largest absolute Gasteiger partial charge is 0.369 e. The van der Waals surface area contributed by atoms with Crippen molar-refractivity contribution in [1.29, 1.82) is 0 Å². The molecule has 0 atom stereocenters. The first kappa shape index (κ1) is 17.4. The van der Waals surface area contributed by atoms with Crippen LogP contribution < -0.4 is 11.1 Å². The summed E-state index contributed by atoms with van der Waals surface area (Å²) >= 11 is 1.64. The molecule has 0 aliphatic heterocycles. The maximum atomic E-state index is 12.0. The summed E-state index contributed by atoms with van der Waals surface area (Å²) in [5.41, 5.74) is 6.19. The van der Waals surface area contributed by atoms with E-state index < -0.39 is 5.91 Å². The van der Waals surface area contributed by atoms with E-state index in [2.05, 4.69) is 10.3 Å². The fourth-order valence-electron chi connectivity index (χ4n) is 2.20. The molecule has 0 saturated heterocycles. The summed E-state index contributed by atoms with van der Waals surface area (Å²) in [5, 5.41) is 3.87. The van der Waals surface area contributed by atoms with Crippen LogP contribution in [0.2, 0.25) is 0 Å². The van der Waals surface area contributed by atoms with Gasteiger partial charge >= 0.3 is 0 Å². The lowest BCUT2D eigenvalue weighted by Gasteiger charge is -2.24. The van der Waals surface area contributed by atoms with Crippen LogP contribution in [0.4, 0.5) is 0 Å². The van der Waals surface area contributed by atoms with Crippen molar-refractivity contribution in [2.75, 3.05) is 19.6 Å². The number of carbonyl (C=O) groups excluding carboxylic acids is 2. The Morgan fingerprint density at radius 2 is 2.04 bits per heavy atom. The molecule has 3 N–H and O–H groups in total. The lowest BCUT2D eigenvalue weighted by atomic mass is 10.3. The van der Waals surface area contributed by atoms with E-state index >= 15 is 0 Å². The molecule has 7 heteroatoms. The molecule has 0 spiro atoms. The molecule has 2 amide bonds. The number of aromatic nitrogens is 1. The number of thiazole rings is 1. The van der Waals surface area contributed by atoms with Gasteiger partial charge in [0.25, 0.3) is 0 Å². The van der Waals surface area contributed by atoms with Gasteiger partial charge in [-0.1, -0.05) is 12.1 Å². The van der Waals surface area contributed by atoms with Crippen LogP contribution in [0.25, 0.3) is 10.2 Å². The number of rotatable bonds is 8. The van der Waals surface area contributed by atoms with Crippen LogP contribution in [0, 0.1) is 0 Å². The second-order valence-electron chi connectivity index (χ2n) is 5.64. The Bertz CT molecular complexity index is 651. The van der Waals surface area contributed by atoms with Gasteiger partial charge in [-0.2, -0.15) is 0 Å². The number of primary amides is 1. The summed E-state index contributed by atoms with van der Waals surface area (Å²) in [4.78, 5) is 29.3. The molecule has 1 aromatic heterocycles. The van der Waals surface area contributed by atoms with Crippen LogP contribution in [0.15, 0.2) is 24.3 Å². The van der Waals surface area contributed by atoms with Gasteiger partial charge in [-0.3, -0.25) is 14.5 Å². The van der Waals surface area contributed by atoms with Crippen LogP contribution in [-0.4, -0.2) is 47.4 Å². The molecule has 0 fully saturated rings. The number of benzene rings is 1. The minimum absolute atomic E-state index is 0.0810. The van der Waals surface area contributed by atoms with E-state index in [1.165, 1.54) is 0 Å². The zero-order valence-corrected chi connectivity index (χ0v) is 14.2. The van der Waals surface area contributed by atoms with E-state index in [4.69, 9.17) is 5.73 Å². The third-order valence-corrected chi connectivity index (χ3v) is 4.53. The number of nitrogens with one attached hydrogen (secondary N) is 1. The van der Waals surface area contributed by atoms with Gasteiger partial charge in [0.05, 0.1) is 28.3 Å². The smallest absolute Gasteiger partial charge is 0.234 e. The second kappa shape index (κ2) is 8.03. The van der Waals surface area contributed by atoms with Crippen LogP contribution in [0.1, 0.15) is 18.9 Å². The number of para-hydroxylation sites is 1. The highest BCUT2D eigenvalue weighted by molar-refractivity contribution is 7.18. The minimum atomic E-state index is -0.430. The van der Waals surface area contributed by atoms with E-state index in [9.17, 15) is 9.59 Å². The molecule has 0 radical (unpaired) electrons. The molecule has 1 heterocycles. The monoisotopic (exact) mass is 334 g/mol. The molecule has 6 nitrogen and oxygen atoms in total. The van der Waals surface area contributed by atoms with Crippen LogP contribution in [0.5, 0.6) is 0 Å². The fourth-order valence-corrected chi connectivity index (χ4v) is 3.16. The number of fused-ring (bicyclic) bond motifs is 1. The van der Waals surface area contributed by atoms with E-state index in [0.717, 1.165) is 15.2 Å². The van der Waals surface area contributed by atoms with Crippen molar-refractivity contribution in [2.45, 2.75) is 26.3 Å². The zero-order valence-electron chi connectivity index (χ0n) is 13.4. The number of amides is 2. The van der Waals surface area contributed by atoms with Gasteiger partial charge in [0.2, 0.25) is 11.8 Å². The molecule has 124 valence electrons. The number of hydrogen-bond donors (Lipinski definition) is 2. The fraction of sp³-hybridized carbons (Fsp3) is 0.438. The highest BCUT2D eigenvalue weighted by Crippen LogP contribution is 2.21. The van der Waals surface area contributed by atoms with Gasteiger partial charge < -0.3 is 11.1 Å². The Hall–Kier alpha value is -1.99. The Labute approximate surface area is 139 Å². The number of nitrogens with two attached hydrogens (primary N) is 1. The van der Waals surface area contributed by atoms with Crippen LogP contribution in [0.3, 0.4) is 0 Å². The first-order chi connectivity index (χ1) is 11.0. The molecule has 1 aromatic carbocycles. The summed E-state index contributed by atoms with van der Waals surface area (Å²) in [5.74, 6) is -0.540. The zero-order chi connectivity index (χ0) is 16.8. The topological polar surface area (TPSA) is 88.3 Å². The molecule has 2 rings (SSSR count). The molecule has 0 aliphatic carbocycles. The normalized spacial score (nSPS) is 11.3. The Morgan fingerprint density at radius 1 is 1.30 bits per heavy atom.